The number of carbonyl (C=O) groups is 1. The molecule has 0 amide bonds. The first-order valence-corrected chi connectivity index (χ1v) is 9.20. The van der Waals surface area contributed by atoms with Gasteiger partial charge in [0.1, 0.15) is 0 Å². The van der Waals surface area contributed by atoms with Gasteiger partial charge in [0, 0.05) is 28.2 Å². The Labute approximate surface area is 168 Å². The minimum atomic E-state index is -4.61. The van der Waals surface area contributed by atoms with Gasteiger partial charge in [-0.1, -0.05) is 29.3 Å². The van der Waals surface area contributed by atoms with Gasteiger partial charge >= 0.3 is 6.18 Å². The van der Waals surface area contributed by atoms with Gasteiger partial charge in [-0.3, -0.25) is 9.78 Å². The Balaban J connectivity index is 1.83. The highest BCUT2D eigenvalue weighted by atomic mass is 35.5. The number of Topliss-reactive ketones (excluding diaryl/α,β-unsaturated/α-hetero) is 1. The van der Waals surface area contributed by atoms with E-state index in [4.69, 9.17) is 23.2 Å². The third kappa shape index (κ3) is 3.88. The second kappa shape index (κ2) is 7.61. The number of ketones is 1. The fraction of sp³-hybridized carbons (Fsp3) is 0.368. The first-order chi connectivity index (χ1) is 13.0. The molecule has 0 fully saturated rings. The number of carbonyl (C=O) groups excluding carboxylic acids is 1. The summed E-state index contributed by atoms with van der Waals surface area (Å²) in [5, 5.41) is 9.51. The second-order valence-corrected chi connectivity index (χ2v) is 7.45. The number of halogens is 6. The molecule has 0 bridgehead atoms. The third-order valence-electron chi connectivity index (χ3n) is 4.86. The van der Waals surface area contributed by atoms with Crippen molar-refractivity contribution >= 4 is 29.0 Å². The SMILES string of the molecule is O=C(CCc1c(Cl)cc(C(F)(F)F)cc1Cl)[C@]1(F)CC[C@@H](O)c2ncccc21. The molecule has 1 aliphatic carbocycles. The average Bonchev–Trinajstić information content (AvgIpc) is 2.63. The molecule has 2 atom stereocenters. The van der Waals surface area contributed by atoms with Crippen LogP contribution in [0, 0.1) is 0 Å². The monoisotopic (exact) mass is 435 g/mol. The summed E-state index contributed by atoms with van der Waals surface area (Å²) >= 11 is 11.8. The van der Waals surface area contributed by atoms with E-state index in [0.29, 0.717) is 0 Å². The molecule has 0 radical (unpaired) electrons. The maximum Gasteiger partial charge on any atom is 0.416 e. The van der Waals surface area contributed by atoms with Crippen LogP contribution in [-0.2, 0) is 23.1 Å². The Hall–Kier alpha value is -1.70. The molecule has 3 rings (SSSR count). The molecule has 0 aliphatic heterocycles. The standard InChI is InChI=1S/C19H15Cl2F4NO2/c20-13-8-10(19(23,24)25)9-14(21)11(13)3-4-16(28)18(22)6-5-15(27)17-12(18)2-1-7-26-17/h1-2,7-9,15,27H,3-6H2/t15-,18+/m1/s1. The summed E-state index contributed by atoms with van der Waals surface area (Å²) in [6, 6.07) is 4.34. The van der Waals surface area contributed by atoms with E-state index in [2.05, 4.69) is 4.98 Å². The zero-order valence-electron chi connectivity index (χ0n) is 14.4. The molecule has 1 aliphatic rings. The maximum atomic E-state index is 15.5. The number of aliphatic hydroxyl groups excluding tert-OH is 1. The number of nitrogens with zero attached hydrogens (tertiary/aromatic N) is 1. The van der Waals surface area contributed by atoms with Crippen molar-refractivity contribution in [2.75, 3.05) is 0 Å². The van der Waals surface area contributed by atoms with Crippen LogP contribution < -0.4 is 0 Å². The summed E-state index contributed by atoms with van der Waals surface area (Å²) in [4.78, 5) is 16.6. The van der Waals surface area contributed by atoms with Gasteiger partial charge in [-0.05, 0) is 43.0 Å². The summed E-state index contributed by atoms with van der Waals surface area (Å²) < 4.78 is 54.0. The Morgan fingerprint density at radius 2 is 1.93 bits per heavy atom. The van der Waals surface area contributed by atoms with Gasteiger partial charge in [0.2, 0.25) is 0 Å². The van der Waals surface area contributed by atoms with E-state index in [-0.39, 0.29) is 52.5 Å². The van der Waals surface area contributed by atoms with Crippen molar-refractivity contribution in [3.05, 3.63) is 62.9 Å². The van der Waals surface area contributed by atoms with Gasteiger partial charge in [0.05, 0.1) is 17.4 Å². The molecule has 3 nitrogen and oxygen atoms in total. The molecule has 0 spiro atoms. The Morgan fingerprint density at radius 3 is 2.54 bits per heavy atom. The predicted molar refractivity (Wildman–Crippen MR) is 96.0 cm³/mol. The number of aliphatic hydroxyl groups is 1. The summed E-state index contributed by atoms with van der Waals surface area (Å²) in [7, 11) is 0. The van der Waals surface area contributed by atoms with Crippen LogP contribution in [0.25, 0.3) is 0 Å². The van der Waals surface area contributed by atoms with Gasteiger partial charge in [0.25, 0.3) is 0 Å². The van der Waals surface area contributed by atoms with Crippen molar-refractivity contribution in [2.24, 2.45) is 0 Å². The lowest BCUT2D eigenvalue weighted by Gasteiger charge is -2.32. The smallest absolute Gasteiger partial charge is 0.387 e. The van der Waals surface area contributed by atoms with Crippen molar-refractivity contribution in [1.29, 1.82) is 0 Å². The molecule has 1 aromatic carbocycles. The lowest BCUT2D eigenvalue weighted by Crippen LogP contribution is -2.37. The Bertz CT molecular complexity index is 896. The zero-order chi connectivity index (χ0) is 20.7. The molecule has 9 heteroatoms. The first kappa shape index (κ1) is 21.0. The van der Waals surface area contributed by atoms with Crippen LogP contribution in [0.1, 0.15) is 47.8 Å². The van der Waals surface area contributed by atoms with Crippen LogP contribution in [0.4, 0.5) is 17.6 Å². The predicted octanol–water partition coefficient (Wildman–Crippen LogP) is 5.60. The molecule has 1 N–H and O–H groups in total. The highest BCUT2D eigenvalue weighted by molar-refractivity contribution is 6.36. The molecule has 1 aromatic heterocycles. The van der Waals surface area contributed by atoms with Crippen LogP contribution in [0.5, 0.6) is 0 Å². The molecular formula is C19H15Cl2F4NO2. The highest BCUT2D eigenvalue weighted by Crippen LogP contribution is 2.44. The number of hydrogen-bond acceptors (Lipinski definition) is 3. The van der Waals surface area contributed by atoms with Gasteiger partial charge in [-0.25, -0.2) is 4.39 Å². The minimum absolute atomic E-state index is 0.0170. The minimum Gasteiger partial charge on any atom is -0.387 e. The Kier molecular flexibility index (Phi) is 5.71. The van der Waals surface area contributed by atoms with Gasteiger partial charge in [-0.15, -0.1) is 0 Å². The fourth-order valence-electron chi connectivity index (χ4n) is 3.36. The number of alkyl halides is 4. The highest BCUT2D eigenvalue weighted by Gasteiger charge is 2.46. The van der Waals surface area contributed by atoms with Crippen molar-refractivity contribution in [3.63, 3.8) is 0 Å². The third-order valence-corrected chi connectivity index (χ3v) is 5.53. The van der Waals surface area contributed by atoms with Crippen molar-refractivity contribution < 1.29 is 27.5 Å². The van der Waals surface area contributed by atoms with Crippen LogP contribution in [0.2, 0.25) is 10.0 Å². The van der Waals surface area contributed by atoms with Crippen LogP contribution >= 0.6 is 23.2 Å². The molecule has 0 saturated heterocycles. The summed E-state index contributed by atoms with van der Waals surface area (Å²) in [6.07, 6.45) is -4.76. The normalized spacial score (nSPS) is 22.0. The van der Waals surface area contributed by atoms with Gasteiger partial charge in [0.15, 0.2) is 11.5 Å². The largest absolute Gasteiger partial charge is 0.416 e. The van der Waals surface area contributed by atoms with Crippen LogP contribution in [0.3, 0.4) is 0 Å². The van der Waals surface area contributed by atoms with E-state index >= 15 is 4.39 Å². The maximum absolute atomic E-state index is 15.5. The van der Waals surface area contributed by atoms with E-state index in [1.165, 1.54) is 18.3 Å². The molecule has 1 heterocycles. The number of fused-ring (bicyclic) bond motifs is 1. The fourth-order valence-corrected chi connectivity index (χ4v) is 4.03. The molecule has 0 unspecified atom stereocenters. The Morgan fingerprint density at radius 1 is 1.29 bits per heavy atom. The number of pyridine rings is 1. The van der Waals surface area contributed by atoms with Crippen molar-refractivity contribution in [1.82, 2.24) is 4.98 Å². The zero-order valence-corrected chi connectivity index (χ0v) is 15.9. The van der Waals surface area contributed by atoms with Crippen LogP contribution in [0.15, 0.2) is 30.5 Å². The molecule has 2 aromatic rings. The quantitative estimate of drug-likeness (QED) is 0.635. The topological polar surface area (TPSA) is 50.2 Å². The number of hydrogen-bond donors (Lipinski definition) is 1. The number of aromatic nitrogens is 1. The summed E-state index contributed by atoms with van der Waals surface area (Å²) in [6.45, 7) is 0. The number of benzene rings is 1. The van der Waals surface area contributed by atoms with E-state index < -0.39 is 29.3 Å². The van der Waals surface area contributed by atoms with E-state index in [9.17, 15) is 23.1 Å². The van der Waals surface area contributed by atoms with Crippen molar-refractivity contribution in [3.8, 4) is 0 Å². The molecular weight excluding hydrogens is 421 g/mol. The first-order valence-electron chi connectivity index (χ1n) is 8.45. The average molecular weight is 436 g/mol. The molecule has 0 saturated carbocycles. The van der Waals surface area contributed by atoms with Crippen LogP contribution in [-0.4, -0.2) is 15.9 Å². The van der Waals surface area contributed by atoms with Gasteiger partial charge in [-0.2, -0.15) is 13.2 Å². The van der Waals surface area contributed by atoms with E-state index in [1.807, 2.05) is 0 Å². The summed E-state index contributed by atoms with van der Waals surface area (Å²) in [5.74, 6) is -0.763. The lowest BCUT2D eigenvalue weighted by atomic mass is 9.77. The van der Waals surface area contributed by atoms with E-state index in [0.717, 1.165) is 12.1 Å². The lowest BCUT2D eigenvalue weighted by molar-refractivity contribution is -0.137. The molecule has 150 valence electrons. The van der Waals surface area contributed by atoms with Crippen molar-refractivity contribution in [2.45, 2.75) is 43.6 Å². The number of rotatable bonds is 4. The molecule has 28 heavy (non-hydrogen) atoms. The summed E-state index contributed by atoms with van der Waals surface area (Å²) in [5.41, 5.74) is -3.04. The van der Waals surface area contributed by atoms with Gasteiger partial charge < -0.3 is 5.11 Å². The second-order valence-electron chi connectivity index (χ2n) is 6.63. The van der Waals surface area contributed by atoms with E-state index in [1.54, 1.807) is 0 Å².